The molecule has 1 unspecified atom stereocenters. The third-order valence-corrected chi connectivity index (χ3v) is 2.05. The van der Waals surface area contributed by atoms with E-state index in [0.29, 0.717) is 6.42 Å². The average Bonchev–Trinajstić information content (AvgIpc) is 2.49. The SMILES string of the molecule is CC(O)CO.NCC(=O)O.N[C@@H](Cc1ccccc1)C(=O)O. The number of hydrogen-bond donors (Lipinski definition) is 6. The molecule has 2 atom stereocenters. The Labute approximate surface area is 129 Å². The lowest BCUT2D eigenvalue weighted by Gasteiger charge is -2.04. The van der Waals surface area contributed by atoms with Crippen molar-refractivity contribution in [1.29, 1.82) is 0 Å². The van der Waals surface area contributed by atoms with Crippen LogP contribution in [0.25, 0.3) is 0 Å². The fraction of sp³-hybridized carbons (Fsp3) is 0.429. The van der Waals surface area contributed by atoms with Gasteiger partial charge < -0.3 is 31.9 Å². The van der Waals surface area contributed by atoms with Gasteiger partial charge in [-0.1, -0.05) is 30.3 Å². The van der Waals surface area contributed by atoms with Gasteiger partial charge in [-0.05, 0) is 18.9 Å². The van der Waals surface area contributed by atoms with Gasteiger partial charge in [-0.3, -0.25) is 9.59 Å². The van der Waals surface area contributed by atoms with E-state index in [1.165, 1.54) is 6.92 Å². The molecule has 0 saturated carbocycles. The summed E-state index contributed by atoms with van der Waals surface area (Å²) in [4.78, 5) is 19.6. The highest BCUT2D eigenvalue weighted by Crippen LogP contribution is 2.01. The molecule has 0 aliphatic heterocycles. The predicted molar refractivity (Wildman–Crippen MR) is 81.2 cm³/mol. The Bertz CT molecular complexity index is 411. The van der Waals surface area contributed by atoms with Crippen LogP contribution in [0.3, 0.4) is 0 Å². The van der Waals surface area contributed by atoms with E-state index in [-0.39, 0.29) is 13.2 Å². The number of carboxylic acids is 2. The largest absolute Gasteiger partial charge is 0.480 e. The molecule has 8 N–H and O–H groups in total. The first-order valence-electron chi connectivity index (χ1n) is 6.47. The molecule has 1 aromatic rings. The van der Waals surface area contributed by atoms with Crippen molar-refractivity contribution in [1.82, 2.24) is 0 Å². The van der Waals surface area contributed by atoms with Crippen LogP contribution in [0.1, 0.15) is 12.5 Å². The first-order valence-corrected chi connectivity index (χ1v) is 6.47. The number of benzene rings is 1. The summed E-state index contributed by atoms with van der Waals surface area (Å²) in [7, 11) is 0. The van der Waals surface area contributed by atoms with Crippen molar-refractivity contribution in [2.45, 2.75) is 25.5 Å². The van der Waals surface area contributed by atoms with Gasteiger partial charge in [-0.2, -0.15) is 0 Å². The Morgan fingerprint density at radius 1 is 1.18 bits per heavy atom. The molecule has 0 radical (unpaired) electrons. The van der Waals surface area contributed by atoms with Gasteiger partial charge in [-0.25, -0.2) is 0 Å². The molecule has 8 heteroatoms. The van der Waals surface area contributed by atoms with Gasteiger partial charge in [0.05, 0.1) is 19.3 Å². The number of aliphatic hydroxyl groups excluding tert-OH is 2. The zero-order valence-electron chi connectivity index (χ0n) is 12.4. The van der Waals surface area contributed by atoms with Crippen molar-refractivity contribution in [3.63, 3.8) is 0 Å². The summed E-state index contributed by atoms with van der Waals surface area (Å²) < 4.78 is 0. The topological polar surface area (TPSA) is 167 Å². The summed E-state index contributed by atoms with van der Waals surface area (Å²) in [5, 5.41) is 32.1. The molecule has 0 aliphatic rings. The first-order chi connectivity index (χ1) is 10.2. The standard InChI is InChI=1S/C9H11NO2.C3H8O2.C2H5NO2/c10-8(9(11)12)6-7-4-2-1-3-5-7;1-3(5)2-4;3-1-2(4)5/h1-5,8H,6,10H2,(H,11,12);3-5H,2H2,1H3;1,3H2,(H,4,5)/t8-;;/m0../s1. The number of carbonyl (C=O) groups is 2. The lowest BCUT2D eigenvalue weighted by molar-refractivity contribution is -0.138. The third kappa shape index (κ3) is 16.1. The summed E-state index contributed by atoms with van der Waals surface area (Å²) in [6.07, 6.45) is -0.175. The Kier molecular flexibility index (Phi) is 14.1. The highest BCUT2D eigenvalue weighted by molar-refractivity contribution is 5.73. The first kappa shape index (κ1) is 22.3. The molecule has 0 bridgehead atoms. The van der Waals surface area contributed by atoms with Gasteiger partial charge in [0.15, 0.2) is 0 Å². The van der Waals surface area contributed by atoms with E-state index in [4.69, 9.17) is 26.2 Å². The third-order valence-electron chi connectivity index (χ3n) is 2.05. The summed E-state index contributed by atoms with van der Waals surface area (Å²) in [5.74, 6) is -1.93. The zero-order chi connectivity index (χ0) is 17.5. The minimum absolute atomic E-state index is 0.139. The number of aliphatic hydroxyl groups is 2. The van der Waals surface area contributed by atoms with Crippen molar-refractivity contribution in [3.05, 3.63) is 35.9 Å². The Morgan fingerprint density at radius 3 is 1.86 bits per heavy atom. The minimum atomic E-state index is -0.968. The van der Waals surface area contributed by atoms with Crippen LogP contribution in [0.2, 0.25) is 0 Å². The highest BCUT2D eigenvalue weighted by Gasteiger charge is 2.10. The number of aliphatic carboxylic acids is 2. The van der Waals surface area contributed by atoms with Crippen LogP contribution in [0, 0.1) is 0 Å². The molecule has 126 valence electrons. The van der Waals surface area contributed by atoms with E-state index in [0.717, 1.165) is 5.56 Å². The normalized spacial score (nSPS) is 11.9. The van der Waals surface area contributed by atoms with Crippen molar-refractivity contribution in [2.75, 3.05) is 13.2 Å². The maximum atomic E-state index is 10.4. The monoisotopic (exact) mass is 316 g/mol. The van der Waals surface area contributed by atoms with Crippen molar-refractivity contribution in [2.24, 2.45) is 11.5 Å². The zero-order valence-corrected chi connectivity index (χ0v) is 12.4. The van der Waals surface area contributed by atoms with E-state index in [1.54, 1.807) is 0 Å². The van der Waals surface area contributed by atoms with Gasteiger partial charge in [0.25, 0.3) is 0 Å². The van der Waals surface area contributed by atoms with Crippen molar-refractivity contribution in [3.8, 4) is 0 Å². The quantitative estimate of drug-likeness (QED) is 0.403. The van der Waals surface area contributed by atoms with Crippen LogP contribution in [0.4, 0.5) is 0 Å². The number of nitrogens with two attached hydrogens (primary N) is 2. The number of rotatable bonds is 5. The van der Waals surface area contributed by atoms with Gasteiger partial charge in [-0.15, -0.1) is 0 Å². The van der Waals surface area contributed by atoms with Crippen molar-refractivity contribution >= 4 is 11.9 Å². The molecular formula is C14H24N2O6. The fourth-order valence-corrected chi connectivity index (χ4v) is 0.955. The van der Waals surface area contributed by atoms with Gasteiger partial charge >= 0.3 is 11.9 Å². The second-order valence-corrected chi connectivity index (χ2v) is 4.26. The van der Waals surface area contributed by atoms with E-state index in [2.05, 4.69) is 5.73 Å². The van der Waals surface area contributed by atoms with Gasteiger partial charge in [0, 0.05) is 0 Å². The molecule has 0 aliphatic carbocycles. The molecule has 0 heterocycles. The van der Waals surface area contributed by atoms with Crippen molar-refractivity contribution < 1.29 is 30.0 Å². The number of hydrogen-bond acceptors (Lipinski definition) is 6. The Hall–Kier alpha value is -2.00. The fourth-order valence-electron chi connectivity index (χ4n) is 0.955. The summed E-state index contributed by atoms with van der Waals surface area (Å²) >= 11 is 0. The molecule has 0 aromatic heterocycles. The molecule has 0 fully saturated rings. The molecule has 0 spiro atoms. The highest BCUT2D eigenvalue weighted by atomic mass is 16.4. The summed E-state index contributed by atoms with van der Waals surface area (Å²) in [5.41, 5.74) is 10.9. The molecule has 0 saturated heterocycles. The Balaban J connectivity index is 0. The lowest BCUT2D eigenvalue weighted by atomic mass is 10.1. The maximum Gasteiger partial charge on any atom is 0.320 e. The van der Waals surface area contributed by atoms with E-state index >= 15 is 0 Å². The summed E-state index contributed by atoms with van der Waals surface area (Å²) in [6.45, 7) is 1.11. The Morgan fingerprint density at radius 2 is 1.59 bits per heavy atom. The molecule has 8 nitrogen and oxygen atoms in total. The second kappa shape index (κ2) is 14.0. The van der Waals surface area contributed by atoms with Crippen LogP contribution in [-0.2, 0) is 16.0 Å². The van der Waals surface area contributed by atoms with Gasteiger partial charge in [0.2, 0.25) is 0 Å². The molecule has 22 heavy (non-hydrogen) atoms. The average molecular weight is 316 g/mol. The van der Waals surface area contributed by atoms with Crippen LogP contribution in [-0.4, -0.2) is 57.7 Å². The minimum Gasteiger partial charge on any atom is -0.480 e. The molecule has 1 rings (SSSR count). The lowest BCUT2D eigenvalue weighted by Crippen LogP contribution is -2.32. The molecule has 1 aromatic carbocycles. The van der Waals surface area contributed by atoms with Crippen LogP contribution >= 0.6 is 0 Å². The van der Waals surface area contributed by atoms with Gasteiger partial charge in [0.1, 0.15) is 6.04 Å². The van der Waals surface area contributed by atoms with Crippen LogP contribution in [0.5, 0.6) is 0 Å². The maximum absolute atomic E-state index is 10.4. The van der Waals surface area contributed by atoms with E-state index < -0.39 is 24.1 Å². The smallest absolute Gasteiger partial charge is 0.320 e. The van der Waals surface area contributed by atoms with E-state index in [9.17, 15) is 9.59 Å². The number of carboxylic acid groups (broad SMARTS) is 2. The molecular weight excluding hydrogens is 292 g/mol. The predicted octanol–water partition coefficient (Wildman–Crippen LogP) is -0.970. The van der Waals surface area contributed by atoms with E-state index in [1.807, 2.05) is 30.3 Å². The second-order valence-electron chi connectivity index (χ2n) is 4.26. The molecule has 0 amide bonds. The summed E-state index contributed by atoms with van der Waals surface area (Å²) in [6, 6.07) is 8.54. The van der Waals surface area contributed by atoms with Crippen LogP contribution in [0.15, 0.2) is 30.3 Å². The van der Waals surface area contributed by atoms with Crippen LogP contribution < -0.4 is 11.5 Å².